The van der Waals surface area contributed by atoms with Gasteiger partial charge in [0.2, 0.25) is 5.91 Å². The van der Waals surface area contributed by atoms with Crippen molar-refractivity contribution in [1.29, 1.82) is 0 Å². The van der Waals surface area contributed by atoms with Crippen LogP contribution in [0.1, 0.15) is 22.5 Å². The number of hydrogen-bond acceptors (Lipinski definition) is 4. The van der Waals surface area contributed by atoms with Crippen molar-refractivity contribution in [3.63, 3.8) is 0 Å². The number of para-hydroxylation sites is 2. The number of carbonyl (C=O) groups is 2. The van der Waals surface area contributed by atoms with Gasteiger partial charge in [-0.2, -0.15) is 0 Å². The molecule has 1 N–H and O–H groups in total. The predicted molar refractivity (Wildman–Crippen MR) is 87.0 cm³/mol. The summed E-state index contributed by atoms with van der Waals surface area (Å²) >= 11 is 7.02. The van der Waals surface area contributed by atoms with Crippen molar-refractivity contribution in [2.75, 3.05) is 5.43 Å². The minimum atomic E-state index is -0.237. The number of hydrogen-bond donors (Lipinski definition) is 1. The maximum atomic E-state index is 12.0. The summed E-state index contributed by atoms with van der Waals surface area (Å²) in [5, 5.41) is 0. The fourth-order valence-corrected chi connectivity index (χ4v) is 3.06. The first kappa shape index (κ1) is 14.7. The lowest BCUT2D eigenvalue weighted by Gasteiger charge is -2.06. The van der Waals surface area contributed by atoms with E-state index in [2.05, 4.69) is 10.4 Å². The number of amides is 1. The molecule has 5 nitrogen and oxygen atoms in total. The van der Waals surface area contributed by atoms with Gasteiger partial charge in [0, 0.05) is 12.8 Å². The molecule has 0 radical (unpaired) electrons. The quantitative estimate of drug-likeness (QED) is 0.727. The van der Waals surface area contributed by atoms with E-state index in [-0.39, 0.29) is 24.5 Å². The van der Waals surface area contributed by atoms with Crippen molar-refractivity contribution >= 4 is 45.7 Å². The minimum absolute atomic E-state index is 0.0810. The number of Topliss-reactive ketones (excluding diaryl/α,β-unsaturated/α-hetero) is 1. The van der Waals surface area contributed by atoms with Gasteiger partial charge in [-0.25, -0.2) is 9.66 Å². The van der Waals surface area contributed by atoms with Gasteiger partial charge in [0.25, 0.3) is 0 Å². The molecule has 7 heteroatoms. The molecule has 0 unspecified atom stereocenters. The molecule has 112 valence electrons. The van der Waals surface area contributed by atoms with Gasteiger partial charge in [-0.15, -0.1) is 11.3 Å². The number of halogens is 1. The SMILES string of the molecule is O=C(CCC(=O)c1ccc(Cl)s1)Nn1cnc2ccccc21. The van der Waals surface area contributed by atoms with Crippen molar-refractivity contribution in [2.24, 2.45) is 0 Å². The molecule has 0 fully saturated rings. The Hall–Kier alpha value is -2.18. The van der Waals surface area contributed by atoms with E-state index >= 15 is 0 Å². The molecule has 0 atom stereocenters. The molecule has 0 aliphatic heterocycles. The summed E-state index contributed by atoms with van der Waals surface area (Å²) in [6, 6.07) is 10.8. The summed E-state index contributed by atoms with van der Waals surface area (Å²) in [4.78, 5) is 28.7. The number of carbonyl (C=O) groups excluding carboxylic acids is 2. The second-order valence-electron chi connectivity index (χ2n) is 4.67. The molecule has 3 rings (SSSR count). The summed E-state index contributed by atoms with van der Waals surface area (Å²) in [5.41, 5.74) is 4.33. The molecule has 1 aromatic carbocycles. The first-order valence-electron chi connectivity index (χ1n) is 6.64. The van der Waals surface area contributed by atoms with Crippen molar-refractivity contribution in [3.8, 4) is 0 Å². The minimum Gasteiger partial charge on any atom is -0.293 e. The second kappa shape index (κ2) is 6.29. The molecular weight excluding hydrogens is 322 g/mol. The molecule has 3 aromatic rings. The van der Waals surface area contributed by atoms with E-state index in [0.29, 0.717) is 9.21 Å². The number of nitrogens with one attached hydrogen (secondary N) is 1. The zero-order valence-corrected chi connectivity index (χ0v) is 13.0. The molecule has 0 spiro atoms. The smallest absolute Gasteiger partial charge is 0.239 e. The Morgan fingerprint density at radius 2 is 2.00 bits per heavy atom. The highest BCUT2D eigenvalue weighted by molar-refractivity contribution is 7.18. The third-order valence-corrected chi connectivity index (χ3v) is 4.40. The first-order chi connectivity index (χ1) is 10.6. The summed E-state index contributed by atoms with van der Waals surface area (Å²) in [7, 11) is 0. The molecule has 2 aromatic heterocycles. The lowest BCUT2D eigenvalue weighted by Crippen LogP contribution is -2.22. The summed E-state index contributed by atoms with van der Waals surface area (Å²) in [5.74, 6) is -0.318. The number of fused-ring (bicyclic) bond motifs is 1. The molecule has 0 saturated carbocycles. The molecule has 22 heavy (non-hydrogen) atoms. The molecule has 0 aliphatic carbocycles. The Morgan fingerprint density at radius 3 is 2.77 bits per heavy atom. The zero-order valence-electron chi connectivity index (χ0n) is 11.5. The maximum absolute atomic E-state index is 12.0. The summed E-state index contributed by atoms with van der Waals surface area (Å²) < 4.78 is 2.13. The highest BCUT2D eigenvalue weighted by atomic mass is 35.5. The number of rotatable bonds is 5. The molecule has 0 saturated heterocycles. The third kappa shape index (κ3) is 3.18. The standard InChI is InChI=1S/C15H12ClN3O2S/c16-14-7-6-13(22-14)12(20)5-8-15(21)18-19-9-17-10-3-1-2-4-11(10)19/h1-4,6-7,9H,5,8H2,(H,18,21). The monoisotopic (exact) mass is 333 g/mol. The average Bonchev–Trinajstić information content (AvgIpc) is 3.12. The Bertz CT molecular complexity index is 840. The first-order valence-corrected chi connectivity index (χ1v) is 7.83. The Balaban J connectivity index is 1.60. The lowest BCUT2D eigenvalue weighted by molar-refractivity contribution is -0.117. The molecule has 0 bridgehead atoms. The van der Waals surface area contributed by atoms with Crippen LogP contribution in [0.4, 0.5) is 0 Å². The number of aromatic nitrogens is 2. The van der Waals surface area contributed by atoms with Crippen LogP contribution in [0.2, 0.25) is 4.34 Å². The average molecular weight is 334 g/mol. The van der Waals surface area contributed by atoms with Crippen LogP contribution in [0.15, 0.2) is 42.7 Å². The largest absolute Gasteiger partial charge is 0.293 e. The molecule has 0 aliphatic rings. The van der Waals surface area contributed by atoms with Crippen molar-refractivity contribution in [1.82, 2.24) is 9.66 Å². The van der Waals surface area contributed by atoms with Crippen molar-refractivity contribution in [2.45, 2.75) is 12.8 Å². The third-order valence-electron chi connectivity index (χ3n) is 3.13. The summed E-state index contributed by atoms with van der Waals surface area (Å²) in [6.07, 6.45) is 1.81. The van der Waals surface area contributed by atoms with Gasteiger partial charge in [0.05, 0.1) is 20.2 Å². The van der Waals surface area contributed by atoms with Gasteiger partial charge >= 0.3 is 0 Å². The Labute approximate surface area is 135 Å². The fraction of sp³-hybridized carbons (Fsp3) is 0.133. The van der Waals surface area contributed by atoms with E-state index < -0.39 is 0 Å². The highest BCUT2D eigenvalue weighted by Gasteiger charge is 2.12. The predicted octanol–water partition coefficient (Wildman–Crippen LogP) is 3.48. The van der Waals surface area contributed by atoms with Crippen LogP contribution in [0.5, 0.6) is 0 Å². The Morgan fingerprint density at radius 1 is 1.18 bits per heavy atom. The van der Waals surface area contributed by atoms with Crippen LogP contribution < -0.4 is 5.43 Å². The van der Waals surface area contributed by atoms with Crippen LogP contribution in [0.3, 0.4) is 0 Å². The number of benzene rings is 1. The molecule has 1 amide bonds. The number of ketones is 1. The van der Waals surface area contributed by atoms with Gasteiger partial charge in [0.15, 0.2) is 5.78 Å². The van der Waals surface area contributed by atoms with E-state index in [4.69, 9.17) is 11.6 Å². The van der Waals surface area contributed by atoms with Gasteiger partial charge in [0.1, 0.15) is 6.33 Å². The zero-order chi connectivity index (χ0) is 15.5. The van der Waals surface area contributed by atoms with Crippen LogP contribution in [-0.2, 0) is 4.79 Å². The van der Waals surface area contributed by atoms with E-state index in [1.807, 2.05) is 24.3 Å². The van der Waals surface area contributed by atoms with E-state index in [1.165, 1.54) is 11.3 Å². The number of imidazole rings is 1. The summed E-state index contributed by atoms with van der Waals surface area (Å²) in [6.45, 7) is 0. The van der Waals surface area contributed by atoms with E-state index in [0.717, 1.165) is 11.0 Å². The van der Waals surface area contributed by atoms with Crippen LogP contribution in [0.25, 0.3) is 11.0 Å². The van der Waals surface area contributed by atoms with Crippen molar-refractivity contribution in [3.05, 3.63) is 51.9 Å². The second-order valence-corrected chi connectivity index (χ2v) is 6.38. The number of nitrogens with zero attached hydrogens (tertiary/aromatic N) is 2. The van der Waals surface area contributed by atoms with Gasteiger partial charge in [-0.1, -0.05) is 23.7 Å². The van der Waals surface area contributed by atoms with Gasteiger partial charge in [-0.05, 0) is 24.3 Å². The van der Waals surface area contributed by atoms with Crippen LogP contribution in [-0.4, -0.2) is 21.4 Å². The maximum Gasteiger partial charge on any atom is 0.239 e. The Kier molecular flexibility index (Phi) is 4.22. The van der Waals surface area contributed by atoms with Gasteiger partial charge < -0.3 is 0 Å². The fourth-order valence-electron chi connectivity index (χ4n) is 2.05. The van der Waals surface area contributed by atoms with E-state index in [1.54, 1.807) is 23.1 Å². The highest BCUT2D eigenvalue weighted by Crippen LogP contribution is 2.22. The van der Waals surface area contributed by atoms with E-state index in [9.17, 15) is 9.59 Å². The van der Waals surface area contributed by atoms with Gasteiger partial charge in [-0.3, -0.25) is 15.0 Å². The number of thiophene rings is 1. The lowest BCUT2D eigenvalue weighted by atomic mass is 10.2. The molecule has 2 heterocycles. The topological polar surface area (TPSA) is 64.0 Å². The van der Waals surface area contributed by atoms with Crippen LogP contribution in [0, 0.1) is 0 Å². The van der Waals surface area contributed by atoms with Crippen LogP contribution >= 0.6 is 22.9 Å². The van der Waals surface area contributed by atoms with Crippen molar-refractivity contribution < 1.29 is 9.59 Å². The normalized spacial score (nSPS) is 10.8. The molecular formula is C15H12ClN3O2S.